The molecule has 2 aromatic rings. The lowest BCUT2D eigenvalue weighted by Crippen LogP contribution is -2.40. The van der Waals surface area contributed by atoms with Crippen molar-refractivity contribution in [2.75, 3.05) is 13.2 Å². The van der Waals surface area contributed by atoms with Crippen molar-refractivity contribution in [3.63, 3.8) is 0 Å². The van der Waals surface area contributed by atoms with Gasteiger partial charge in [-0.3, -0.25) is 4.79 Å². The first kappa shape index (κ1) is 21.3. The minimum absolute atomic E-state index is 0.0115. The van der Waals surface area contributed by atoms with Gasteiger partial charge in [0.25, 0.3) is 0 Å². The van der Waals surface area contributed by atoms with Crippen molar-refractivity contribution in [1.82, 2.24) is 10.3 Å². The number of carbonyl (C=O) groups is 1. The molecule has 3 rings (SSSR count). The second-order valence-electron chi connectivity index (χ2n) is 7.76. The second-order valence-corrected chi connectivity index (χ2v) is 9.17. The van der Waals surface area contributed by atoms with E-state index in [0.29, 0.717) is 29.7 Å². The fourth-order valence-corrected chi connectivity index (χ4v) is 4.53. The van der Waals surface area contributed by atoms with E-state index in [0.717, 1.165) is 22.5 Å². The van der Waals surface area contributed by atoms with Crippen LogP contribution in [0.4, 0.5) is 4.39 Å². The van der Waals surface area contributed by atoms with Gasteiger partial charge in [-0.1, -0.05) is 25.4 Å². The summed E-state index contributed by atoms with van der Waals surface area (Å²) in [5, 5.41) is 4.02. The van der Waals surface area contributed by atoms with Crippen LogP contribution in [0.1, 0.15) is 51.5 Å². The number of hydrogen-bond acceptors (Lipinski definition) is 5. The highest BCUT2D eigenvalue weighted by Crippen LogP contribution is 2.41. The lowest BCUT2D eigenvalue weighted by Gasteiger charge is -2.35. The molecular formula is C20H26ClFN2O3S. The highest BCUT2D eigenvalue weighted by molar-refractivity contribution is 7.19. The van der Waals surface area contributed by atoms with E-state index in [4.69, 9.17) is 21.1 Å². The van der Waals surface area contributed by atoms with Crippen molar-refractivity contribution < 1.29 is 18.7 Å². The predicted octanol–water partition coefficient (Wildman–Crippen LogP) is 4.91. The number of fused-ring (bicyclic) bond motifs is 1. The van der Waals surface area contributed by atoms with Crippen LogP contribution in [-0.4, -0.2) is 36.3 Å². The molecule has 1 saturated carbocycles. The van der Waals surface area contributed by atoms with Crippen LogP contribution in [-0.2, 0) is 9.53 Å². The van der Waals surface area contributed by atoms with E-state index in [2.05, 4.69) is 10.3 Å². The Hall–Kier alpha value is -1.44. The number of aromatic nitrogens is 1. The van der Waals surface area contributed by atoms with Crippen LogP contribution in [0, 0.1) is 11.7 Å². The topological polar surface area (TPSA) is 60.5 Å². The molecule has 1 atom stereocenters. The number of halogens is 2. The van der Waals surface area contributed by atoms with Crippen LogP contribution in [0.15, 0.2) is 6.07 Å². The van der Waals surface area contributed by atoms with Crippen LogP contribution in [0.3, 0.4) is 0 Å². The highest BCUT2D eigenvalue weighted by atomic mass is 35.5. The molecule has 0 aliphatic heterocycles. The normalized spacial score (nSPS) is 20.2. The Bertz CT molecular complexity index is 852. The summed E-state index contributed by atoms with van der Waals surface area (Å²) in [6, 6.07) is 1.39. The van der Waals surface area contributed by atoms with E-state index in [9.17, 15) is 9.18 Å². The zero-order chi connectivity index (χ0) is 20.4. The number of hydrogen-bond donors (Lipinski definition) is 1. The summed E-state index contributed by atoms with van der Waals surface area (Å²) < 4.78 is 26.7. The maximum Gasteiger partial charge on any atom is 0.217 e. The van der Waals surface area contributed by atoms with Crippen LogP contribution >= 0.6 is 22.9 Å². The van der Waals surface area contributed by atoms with Gasteiger partial charge in [-0.25, -0.2) is 9.37 Å². The van der Waals surface area contributed by atoms with Crippen molar-refractivity contribution in [2.24, 2.45) is 5.92 Å². The molecule has 1 heterocycles. The molecule has 1 aromatic carbocycles. The van der Waals surface area contributed by atoms with Gasteiger partial charge in [-0.2, -0.15) is 0 Å². The summed E-state index contributed by atoms with van der Waals surface area (Å²) >= 11 is 7.89. The highest BCUT2D eigenvalue weighted by Gasteiger charge is 2.31. The maximum absolute atomic E-state index is 14.4. The Morgan fingerprint density at radius 2 is 2.14 bits per heavy atom. The van der Waals surface area contributed by atoms with E-state index in [-0.39, 0.29) is 29.7 Å². The maximum atomic E-state index is 14.4. The standard InChI is InChI=1S/C20H26ClFN2O3S/c1-10(2)20-24-16-7-15(22)18(17(21)19(16)28-20)27-9-13-5-14(6-13)26-8-11(3)23-12(4)25/h7,10-11,13-14H,5-6,8-9H2,1-4H3,(H,23,25)/t11-,13-,14-/m0/s1. The predicted molar refractivity (Wildman–Crippen MR) is 110 cm³/mol. The van der Waals surface area contributed by atoms with Crippen LogP contribution < -0.4 is 10.1 Å². The Kier molecular flexibility index (Phi) is 6.78. The molecule has 5 nitrogen and oxygen atoms in total. The molecule has 28 heavy (non-hydrogen) atoms. The number of amides is 1. The number of nitrogens with one attached hydrogen (secondary N) is 1. The van der Waals surface area contributed by atoms with Gasteiger partial charge >= 0.3 is 0 Å². The first-order chi connectivity index (χ1) is 13.2. The summed E-state index contributed by atoms with van der Waals surface area (Å²) in [5.74, 6) is 0.139. The van der Waals surface area contributed by atoms with E-state index in [1.54, 1.807) is 0 Å². The van der Waals surface area contributed by atoms with Crippen molar-refractivity contribution in [2.45, 2.75) is 58.6 Å². The molecular weight excluding hydrogens is 403 g/mol. The molecule has 1 aliphatic carbocycles. The number of thiazole rings is 1. The van der Waals surface area contributed by atoms with Gasteiger partial charge in [-0.05, 0) is 25.7 Å². The molecule has 0 radical (unpaired) electrons. The minimum atomic E-state index is -0.477. The summed E-state index contributed by atoms with van der Waals surface area (Å²) in [7, 11) is 0. The fourth-order valence-electron chi connectivity index (χ4n) is 3.19. The summed E-state index contributed by atoms with van der Waals surface area (Å²) in [6.45, 7) is 8.38. The number of ether oxygens (including phenoxy) is 2. The van der Waals surface area contributed by atoms with E-state index in [1.165, 1.54) is 24.3 Å². The van der Waals surface area contributed by atoms with Gasteiger partial charge < -0.3 is 14.8 Å². The number of benzene rings is 1. The van der Waals surface area contributed by atoms with Crippen molar-refractivity contribution in [1.29, 1.82) is 0 Å². The Morgan fingerprint density at radius 3 is 2.79 bits per heavy atom. The minimum Gasteiger partial charge on any atom is -0.489 e. The first-order valence-electron chi connectivity index (χ1n) is 9.54. The van der Waals surface area contributed by atoms with E-state index < -0.39 is 5.82 Å². The third kappa shape index (κ3) is 4.93. The van der Waals surface area contributed by atoms with Crippen molar-refractivity contribution in [3.8, 4) is 5.75 Å². The number of rotatable bonds is 8. The lowest BCUT2D eigenvalue weighted by molar-refractivity contribution is -0.120. The van der Waals surface area contributed by atoms with Gasteiger partial charge in [0.05, 0.1) is 34.5 Å². The molecule has 1 fully saturated rings. The fraction of sp³-hybridized carbons (Fsp3) is 0.600. The van der Waals surface area contributed by atoms with Gasteiger partial charge in [0.15, 0.2) is 11.6 Å². The van der Waals surface area contributed by atoms with Gasteiger partial charge in [0.2, 0.25) is 5.91 Å². The smallest absolute Gasteiger partial charge is 0.217 e. The van der Waals surface area contributed by atoms with Crippen LogP contribution in [0.5, 0.6) is 5.75 Å². The van der Waals surface area contributed by atoms with Gasteiger partial charge in [0, 0.05) is 24.9 Å². The Morgan fingerprint density at radius 1 is 1.43 bits per heavy atom. The second kappa shape index (κ2) is 8.93. The van der Waals surface area contributed by atoms with E-state index >= 15 is 0 Å². The van der Waals surface area contributed by atoms with Crippen molar-refractivity contribution in [3.05, 3.63) is 21.9 Å². The first-order valence-corrected chi connectivity index (χ1v) is 10.7. The molecule has 1 aliphatic rings. The molecule has 0 unspecified atom stereocenters. The molecule has 154 valence electrons. The zero-order valence-corrected chi connectivity index (χ0v) is 18.1. The molecule has 0 bridgehead atoms. The largest absolute Gasteiger partial charge is 0.489 e. The van der Waals surface area contributed by atoms with E-state index in [1.807, 2.05) is 20.8 Å². The third-order valence-electron chi connectivity index (χ3n) is 4.73. The average Bonchev–Trinajstić information content (AvgIpc) is 2.99. The lowest BCUT2D eigenvalue weighted by atomic mass is 9.83. The van der Waals surface area contributed by atoms with Gasteiger partial charge in [0.1, 0.15) is 5.02 Å². The Labute approximate surface area is 173 Å². The number of carbonyl (C=O) groups excluding carboxylic acids is 1. The zero-order valence-electron chi connectivity index (χ0n) is 16.6. The monoisotopic (exact) mass is 428 g/mol. The SMILES string of the molecule is CC(=O)N[C@@H](C)CO[C@H]1C[C@H](COc2c(F)cc3nc(C(C)C)sc3c2Cl)C1. The summed E-state index contributed by atoms with van der Waals surface area (Å²) in [5.41, 5.74) is 0.578. The van der Waals surface area contributed by atoms with Crippen LogP contribution in [0.2, 0.25) is 5.02 Å². The molecule has 0 saturated heterocycles. The third-order valence-corrected chi connectivity index (χ3v) is 6.59. The number of nitrogens with zero attached hydrogens (tertiary/aromatic N) is 1. The Balaban J connectivity index is 1.52. The quantitative estimate of drug-likeness (QED) is 0.648. The molecule has 8 heteroatoms. The van der Waals surface area contributed by atoms with Crippen LogP contribution in [0.25, 0.3) is 10.2 Å². The van der Waals surface area contributed by atoms with Gasteiger partial charge in [-0.15, -0.1) is 11.3 Å². The summed E-state index contributed by atoms with van der Waals surface area (Å²) in [6.07, 6.45) is 1.86. The average molecular weight is 429 g/mol. The van der Waals surface area contributed by atoms with Crippen molar-refractivity contribution >= 4 is 39.1 Å². The molecule has 0 spiro atoms. The molecule has 1 amide bonds. The molecule has 1 aromatic heterocycles. The molecule has 1 N–H and O–H groups in total. The summed E-state index contributed by atoms with van der Waals surface area (Å²) in [4.78, 5) is 15.5.